The average Bonchev–Trinajstić information content (AvgIpc) is 2.83. The lowest BCUT2D eigenvalue weighted by molar-refractivity contribution is 0.512. The Balaban J connectivity index is 1.98. The van der Waals surface area contributed by atoms with Gasteiger partial charge in [-0.05, 0) is 60.9 Å². The van der Waals surface area contributed by atoms with E-state index in [1.54, 1.807) is 38.4 Å². The minimum Gasteiger partial charge on any atom is -0.760 e. The number of halogens is 1. The molecule has 0 fully saturated rings. The number of nitrogens with one attached hydrogen (secondary N) is 1. The third kappa shape index (κ3) is 4.14. The summed E-state index contributed by atoms with van der Waals surface area (Å²) in [5.74, 6) is -0.335. The molecule has 4 rings (SSSR count). The van der Waals surface area contributed by atoms with Crippen molar-refractivity contribution in [3.63, 3.8) is 0 Å². The molecule has 3 unspecified atom stereocenters. The summed E-state index contributed by atoms with van der Waals surface area (Å²) in [5, 5.41) is 0. The molecular weight excluding hydrogens is 417 g/mol. The summed E-state index contributed by atoms with van der Waals surface area (Å²) in [4.78, 5) is 17.2. The predicted molar refractivity (Wildman–Crippen MR) is 118 cm³/mol. The first kappa shape index (κ1) is 21.3. The van der Waals surface area contributed by atoms with Gasteiger partial charge in [0.05, 0.1) is 11.8 Å². The number of rotatable bonds is 4. The molecule has 1 aromatic heterocycles. The highest BCUT2D eigenvalue weighted by molar-refractivity contribution is 7.77. The third-order valence-electron chi connectivity index (χ3n) is 5.51. The van der Waals surface area contributed by atoms with E-state index < -0.39 is 17.3 Å². The lowest BCUT2D eigenvalue weighted by atomic mass is 9.90. The molecule has 0 saturated carbocycles. The van der Waals surface area contributed by atoms with Gasteiger partial charge in [0.25, 0.3) is 5.56 Å². The van der Waals surface area contributed by atoms with Crippen molar-refractivity contribution in [3.8, 4) is 11.1 Å². The second-order valence-electron chi connectivity index (χ2n) is 7.63. The van der Waals surface area contributed by atoms with E-state index in [2.05, 4.69) is 4.72 Å². The molecule has 1 aliphatic heterocycles. The van der Waals surface area contributed by atoms with Crippen LogP contribution in [0.3, 0.4) is 0 Å². The van der Waals surface area contributed by atoms with E-state index in [0.29, 0.717) is 5.71 Å². The third-order valence-corrected chi connectivity index (χ3v) is 6.06. The fourth-order valence-electron chi connectivity index (χ4n) is 3.86. The number of aryl methyl sites for hydroxylation is 1. The highest BCUT2D eigenvalue weighted by Gasteiger charge is 2.24. The first-order valence-corrected chi connectivity index (χ1v) is 10.9. The maximum absolute atomic E-state index is 13.5. The van der Waals surface area contributed by atoms with Crippen LogP contribution < -0.4 is 10.3 Å². The summed E-state index contributed by atoms with van der Waals surface area (Å²) in [6, 6.07) is 12.6. The van der Waals surface area contributed by atoms with Crippen LogP contribution in [-0.2, 0) is 18.3 Å². The van der Waals surface area contributed by atoms with Crippen molar-refractivity contribution in [1.29, 1.82) is 0 Å². The van der Waals surface area contributed by atoms with Crippen molar-refractivity contribution in [2.45, 2.75) is 25.9 Å². The van der Waals surface area contributed by atoms with Crippen LogP contribution in [0.15, 0.2) is 64.5 Å². The van der Waals surface area contributed by atoms with E-state index in [1.807, 2.05) is 25.1 Å². The number of aliphatic imine (C=N–C) groups is 1. The van der Waals surface area contributed by atoms with Crippen molar-refractivity contribution >= 4 is 17.0 Å². The number of hydrogen-bond acceptors (Lipinski definition) is 4. The summed E-state index contributed by atoms with van der Waals surface area (Å²) in [6.45, 7) is 3.67. The van der Waals surface area contributed by atoms with Gasteiger partial charge < -0.3 is 9.12 Å². The Morgan fingerprint density at radius 2 is 1.84 bits per heavy atom. The van der Waals surface area contributed by atoms with Crippen LogP contribution >= 0.6 is 0 Å². The fourth-order valence-corrected chi connectivity index (χ4v) is 4.28. The van der Waals surface area contributed by atoms with E-state index in [9.17, 15) is 17.9 Å². The van der Waals surface area contributed by atoms with E-state index >= 15 is 0 Å². The molecule has 2 aromatic carbocycles. The Bertz CT molecular complexity index is 1270. The molecule has 0 aliphatic carbocycles. The van der Waals surface area contributed by atoms with Gasteiger partial charge in [-0.15, -0.1) is 0 Å². The summed E-state index contributed by atoms with van der Waals surface area (Å²) in [5.41, 5.74) is 5.38. The van der Waals surface area contributed by atoms with Crippen LogP contribution in [0.1, 0.15) is 48.2 Å². The van der Waals surface area contributed by atoms with Gasteiger partial charge in [-0.25, -0.2) is 9.11 Å². The SMILES string of the molecule is CC1N=C(c2ccc(F)cc2)c2ccc(C(C)NS(=O)[O-])cc2-c2cn(C)c(=O)cc21. The van der Waals surface area contributed by atoms with Crippen LogP contribution in [0.4, 0.5) is 4.39 Å². The van der Waals surface area contributed by atoms with Crippen molar-refractivity contribution in [3.05, 3.63) is 93.2 Å². The second kappa shape index (κ2) is 8.30. The smallest absolute Gasteiger partial charge is 0.250 e. The number of benzene rings is 2. The lowest BCUT2D eigenvalue weighted by Crippen LogP contribution is -2.21. The van der Waals surface area contributed by atoms with Crippen molar-refractivity contribution < 1.29 is 13.2 Å². The maximum atomic E-state index is 13.5. The Hall–Kier alpha value is -2.94. The van der Waals surface area contributed by atoms with Crippen molar-refractivity contribution in [2.75, 3.05) is 0 Å². The zero-order valence-electron chi connectivity index (χ0n) is 17.3. The van der Waals surface area contributed by atoms with E-state index in [1.165, 1.54) is 16.7 Å². The Labute approximate surface area is 181 Å². The van der Waals surface area contributed by atoms with E-state index in [-0.39, 0.29) is 17.4 Å². The topological polar surface area (TPSA) is 86.5 Å². The number of hydrogen-bond donors (Lipinski definition) is 1. The normalized spacial score (nSPS) is 17.2. The molecule has 1 aliphatic rings. The second-order valence-corrected chi connectivity index (χ2v) is 8.34. The zero-order valence-corrected chi connectivity index (χ0v) is 18.1. The van der Waals surface area contributed by atoms with Gasteiger partial charge in [-0.2, -0.15) is 0 Å². The van der Waals surface area contributed by atoms with Crippen LogP contribution in [0.2, 0.25) is 0 Å². The minimum absolute atomic E-state index is 0.138. The molecule has 3 atom stereocenters. The molecule has 31 heavy (non-hydrogen) atoms. The first-order chi connectivity index (χ1) is 14.7. The van der Waals surface area contributed by atoms with Crippen LogP contribution in [0.5, 0.6) is 0 Å². The molecule has 6 nitrogen and oxygen atoms in total. The summed E-state index contributed by atoms with van der Waals surface area (Å²) >= 11 is -2.40. The standard InChI is InChI=1S/C23H22FN3O3S/c1-13(26-31(29)30)16-6-9-18-20(10-16)21-12-27(3)22(28)11-19(21)14(2)25-23(18)15-4-7-17(24)8-5-15/h4-14,26H,1-3H3,(H,29,30)/p-1. The molecule has 0 radical (unpaired) electrons. The number of pyridine rings is 1. The average molecular weight is 439 g/mol. The summed E-state index contributed by atoms with van der Waals surface area (Å²) in [6.07, 6.45) is 1.78. The molecule has 0 saturated heterocycles. The Morgan fingerprint density at radius 3 is 2.52 bits per heavy atom. The molecule has 0 spiro atoms. The van der Waals surface area contributed by atoms with E-state index in [4.69, 9.17) is 4.99 Å². The number of nitrogens with zero attached hydrogens (tertiary/aromatic N) is 2. The maximum Gasteiger partial charge on any atom is 0.250 e. The van der Waals surface area contributed by atoms with Gasteiger partial charge in [-0.3, -0.25) is 14.0 Å². The van der Waals surface area contributed by atoms with Crippen LogP contribution in [-0.4, -0.2) is 19.0 Å². The van der Waals surface area contributed by atoms with Gasteiger partial charge >= 0.3 is 0 Å². The molecule has 2 heterocycles. The molecule has 1 N–H and O–H groups in total. The molecule has 8 heteroatoms. The largest absolute Gasteiger partial charge is 0.760 e. The Morgan fingerprint density at radius 1 is 1.13 bits per heavy atom. The number of fused-ring (bicyclic) bond motifs is 3. The summed E-state index contributed by atoms with van der Waals surface area (Å²) < 4.78 is 39.7. The van der Waals surface area contributed by atoms with Crippen molar-refractivity contribution in [2.24, 2.45) is 12.0 Å². The highest BCUT2D eigenvalue weighted by atomic mass is 32.2. The molecule has 0 amide bonds. The molecule has 3 aromatic rings. The molecular formula is C23H21FN3O3S-. The molecule has 0 bridgehead atoms. The van der Waals surface area contributed by atoms with Gasteiger partial charge in [-0.1, -0.05) is 12.1 Å². The van der Waals surface area contributed by atoms with Crippen molar-refractivity contribution in [1.82, 2.24) is 9.29 Å². The summed E-state index contributed by atoms with van der Waals surface area (Å²) in [7, 11) is 1.69. The quantitative estimate of drug-likeness (QED) is 0.632. The van der Waals surface area contributed by atoms with Gasteiger partial charge in [0.15, 0.2) is 0 Å². The first-order valence-electron chi connectivity index (χ1n) is 9.79. The van der Waals surface area contributed by atoms with Gasteiger partial charge in [0, 0.05) is 53.3 Å². The Kier molecular flexibility index (Phi) is 5.70. The minimum atomic E-state index is -2.40. The van der Waals surface area contributed by atoms with Crippen LogP contribution in [0, 0.1) is 5.82 Å². The lowest BCUT2D eigenvalue weighted by Gasteiger charge is -2.19. The molecule has 160 valence electrons. The van der Waals surface area contributed by atoms with E-state index in [0.717, 1.165) is 33.4 Å². The zero-order chi connectivity index (χ0) is 22.3. The van der Waals surface area contributed by atoms with Gasteiger partial charge in [0.2, 0.25) is 0 Å². The highest BCUT2D eigenvalue weighted by Crippen LogP contribution is 2.38. The van der Waals surface area contributed by atoms with Gasteiger partial charge in [0.1, 0.15) is 5.82 Å². The fraction of sp³-hybridized carbons (Fsp3) is 0.217. The predicted octanol–water partition coefficient (Wildman–Crippen LogP) is 3.55. The monoisotopic (exact) mass is 438 g/mol. The van der Waals surface area contributed by atoms with Crippen LogP contribution in [0.25, 0.3) is 11.1 Å². The number of aromatic nitrogens is 1.